The first-order valence-electron chi connectivity index (χ1n) is 7.17. The highest BCUT2D eigenvalue weighted by molar-refractivity contribution is 5.88. The van der Waals surface area contributed by atoms with Crippen LogP contribution in [0, 0.1) is 11.3 Å². The molecule has 19 heavy (non-hydrogen) atoms. The first-order valence-corrected chi connectivity index (χ1v) is 7.17. The molecule has 2 amide bonds. The van der Waals surface area contributed by atoms with Gasteiger partial charge in [0.2, 0.25) is 11.8 Å². The zero-order chi connectivity index (χ0) is 14.0. The lowest BCUT2D eigenvalue weighted by Gasteiger charge is -2.41. The summed E-state index contributed by atoms with van der Waals surface area (Å²) in [6, 6.07) is 0. The topological polar surface area (TPSA) is 52.6 Å². The molecule has 5 nitrogen and oxygen atoms in total. The third-order valence-electron chi connectivity index (χ3n) is 4.61. The molecular formula is C14H25N3O2. The van der Waals surface area contributed by atoms with E-state index in [0.717, 1.165) is 25.9 Å². The Kier molecular flexibility index (Phi) is 4.13. The molecule has 2 aliphatic heterocycles. The van der Waals surface area contributed by atoms with E-state index in [9.17, 15) is 9.59 Å². The van der Waals surface area contributed by atoms with Crippen LogP contribution in [-0.4, -0.2) is 61.4 Å². The van der Waals surface area contributed by atoms with Crippen molar-refractivity contribution in [2.45, 2.75) is 26.7 Å². The Bertz CT molecular complexity index is 362. The van der Waals surface area contributed by atoms with Crippen molar-refractivity contribution in [3.05, 3.63) is 0 Å². The second kappa shape index (κ2) is 5.49. The number of nitrogens with one attached hydrogen (secondary N) is 1. The molecule has 0 aromatic rings. The van der Waals surface area contributed by atoms with Gasteiger partial charge in [0, 0.05) is 25.6 Å². The number of amides is 2. The predicted molar refractivity (Wildman–Crippen MR) is 73.6 cm³/mol. The van der Waals surface area contributed by atoms with Crippen LogP contribution < -0.4 is 5.32 Å². The number of piperazine rings is 1. The maximum Gasteiger partial charge on any atom is 0.241 e. The van der Waals surface area contributed by atoms with Gasteiger partial charge in [0.05, 0.1) is 6.54 Å². The van der Waals surface area contributed by atoms with E-state index in [2.05, 4.69) is 5.32 Å². The van der Waals surface area contributed by atoms with Gasteiger partial charge in [-0.3, -0.25) is 9.59 Å². The number of hydrogen-bond acceptors (Lipinski definition) is 3. The Morgan fingerprint density at radius 1 is 1.37 bits per heavy atom. The van der Waals surface area contributed by atoms with Crippen molar-refractivity contribution in [1.82, 2.24) is 15.1 Å². The van der Waals surface area contributed by atoms with E-state index >= 15 is 0 Å². The Balaban J connectivity index is 2.03. The van der Waals surface area contributed by atoms with E-state index in [4.69, 9.17) is 0 Å². The van der Waals surface area contributed by atoms with Gasteiger partial charge in [-0.25, -0.2) is 0 Å². The van der Waals surface area contributed by atoms with Crippen molar-refractivity contribution in [1.29, 1.82) is 0 Å². The Morgan fingerprint density at radius 3 is 2.68 bits per heavy atom. The number of rotatable bonds is 2. The predicted octanol–water partition coefficient (Wildman–Crippen LogP) is 0.313. The van der Waals surface area contributed by atoms with Crippen molar-refractivity contribution < 1.29 is 9.59 Å². The van der Waals surface area contributed by atoms with Crippen LogP contribution in [0.4, 0.5) is 0 Å². The van der Waals surface area contributed by atoms with Crippen LogP contribution in [0.1, 0.15) is 26.7 Å². The van der Waals surface area contributed by atoms with Gasteiger partial charge in [-0.05, 0) is 31.8 Å². The minimum Gasteiger partial charge on any atom is -0.342 e. The largest absolute Gasteiger partial charge is 0.342 e. The molecule has 0 bridgehead atoms. The fourth-order valence-corrected chi connectivity index (χ4v) is 2.98. The summed E-state index contributed by atoms with van der Waals surface area (Å²) >= 11 is 0. The molecule has 2 aliphatic rings. The third kappa shape index (κ3) is 2.91. The number of piperidine rings is 1. The van der Waals surface area contributed by atoms with E-state index in [1.54, 1.807) is 16.8 Å². The average molecular weight is 267 g/mol. The molecule has 1 N–H and O–H groups in total. The average Bonchev–Trinajstić information content (AvgIpc) is 2.42. The first-order chi connectivity index (χ1) is 8.93. The van der Waals surface area contributed by atoms with Crippen LogP contribution in [0.15, 0.2) is 0 Å². The maximum atomic E-state index is 12.7. The molecule has 108 valence electrons. The zero-order valence-corrected chi connectivity index (χ0v) is 12.2. The van der Waals surface area contributed by atoms with Gasteiger partial charge in [-0.1, -0.05) is 13.8 Å². The van der Waals surface area contributed by atoms with Crippen molar-refractivity contribution in [3.63, 3.8) is 0 Å². The Morgan fingerprint density at radius 2 is 2.11 bits per heavy atom. The van der Waals surface area contributed by atoms with Gasteiger partial charge in [-0.2, -0.15) is 0 Å². The number of carbonyl (C=O) groups excluding carboxylic acids is 2. The highest BCUT2D eigenvalue weighted by Gasteiger charge is 2.41. The molecule has 0 radical (unpaired) electrons. The molecule has 0 spiro atoms. The van der Waals surface area contributed by atoms with Gasteiger partial charge in [-0.15, -0.1) is 0 Å². The molecule has 2 saturated heterocycles. The molecular weight excluding hydrogens is 242 g/mol. The fraction of sp³-hybridized carbons (Fsp3) is 0.857. The maximum absolute atomic E-state index is 12.7. The van der Waals surface area contributed by atoms with Crippen LogP contribution in [0.2, 0.25) is 0 Å². The third-order valence-corrected chi connectivity index (χ3v) is 4.61. The van der Waals surface area contributed by atoms with E-state index < -0.39 is 0 Å². The zero-order valence-electron chi connectivity index (χ0n) is 12.2. The molecule has 2 fully saturated rings. The minimum atomic E-state index is -0.385. The van der Waals surface area contributed by atoms with E-state index in [1.165, 1.54) is 0 Å². The van der Waals surface area contributed by atoms with Crippen molar-refractivity contribution in [2.75, 3.05) is 39.8 Å². The molecule has 0 aromatic heterocycles. The summed E-state index contributed by atoms with van der Waals surface area (Å²) in [7, 11) is 1.79. The normalized spacial score (nSPS) is 25.6. The smallest absolute Gasteiger partial charge is 0.241 e. The number of likely N-dealkylation sites (N-methyl/N-ethyl adjacent to an activating group) is 1. The number of carbonyl (C=O) groups is 2. The monoisotopic (exact) mass is 267 g/mol. The van der Waals surface area contributed by atoms with E-state index in [-0.39, 0.29) is 23.8 Å². The molecule has 0 aliphatic carbocycles. The van der Waals surface area contributed by atoms with Gasteiger partial charge in [0.1, 0.15) is 0 Å². The van der Waals surface area contributed by atoms with Crippen LogP contribution in [0.5, 0.6) is 0 Å². The van der Waals surface area contributed by atoms with E-state index in [1.807, 2.05) is 13.8 Å². The van der Waals surface area contributed by atoms with Gasteiger partial charge in [0.15, 0.2) is 0 Å². The lowest BCUT2D eigenvalue weighted by molar-refractivity contribution is -0.152. The minimum absolute atomic E-state index is 0.0390. The standard InChI is InChI=1S/C14H25N3O2/c1-14(2,11-5-4-6-15-9-11)13(19)17-8-7-16(3)12(18)10-17/h11,15H,4-10H2,1-3H3. The molecule has 2 heterocycles. The van der Waals surface area contributed by atoms with Crippen molar-refractivity contribution in [3.8, 4) is 0 Å². The van der Waals surface area contributed by atoms with Crippen LogP contribution in [0.3, 0.4) is 0 Å². The van der Waals surface area contributed by atoms with Crippen molar-refractivity contribution in [2.24, 2.45) is 11.3 Å². The van der Waals surface area contributed by atoms with Gasteiger partial charge >= 0.3 is 0 Å². The highest BCUT2D eigenvalue weighted by atomic mass is 16.2. The SMILES string of the molecule is CN1CCN(C(=O)C(C)(C)C2CCCNC2)CC1=O. The summed E-state index contributed by atoms with van der Waals surface area (Å²) in [6.07, 6.45) is 2.22. The van der Waals surface area contributed by atoms with Crippen LogP contribution in [-0.2, 0) is 9.59 Å². The van der Waals surface area contributed by atoms with Crippen LogP contribution in [0.25, 0.3) is 0 Å². The summed E-state index contributed by atoms with van der Waals surface area (Å²) in [5.41, 5.74) is -0.385. The summed E-state index contributed by atoms with van der Waals surface area (Å²) in [5, 5.41) is 3.37. The second-order valence-corrected chi connectivity index (χ2v) is 6.31. The van der Waals surface area contributed by atoms with Gasteiger partial charge < -0.3 is 15.1 Å². The quantitative estimate of drug-likeness (QED) is 0.783. The highest BCUT2D eigenvalue weighted by Crippen LogP contribution is 2.34. The van der Waals surface area contributed by atoms with Crippen LogP contribution >= 0.6 is 0 Å². The summed E-state index contributed by atoms with van der Waals surface area (Å²) in [5.74, 6) is 0.531. The lowest BCUT2D eigenvalue weighted by Crippen LogP contribution is -2.56. The number of nitrogens with zero attached hydrogens (tertiary/aromatic N) is 2. The lowest BCUT2D eigenvalue weighted by atomic mass is 9.74. The molecule has 2 rings (SSSR count). The summed E-state index contributed by atoms with van der Waals surface area (Å²) in [4.78, 5) is 27.9. The molecule has 0 saturated carbocycles. The molecule has 1 unspecified atom stereocenters. The molecule has 5 heteroatoms. The first kappa shape index (κ1) is 14.3. The van der Waals surface area contributed by atoms with Crippen molar-refractivity contribution >= 4 is 11.8 Å². The number of hydrogen-bond donors (Lipinski definition) is 1. The molecule has 0 aromatic carbocycles. The van der Waals surface area contributed by atoms with E-state index in [0.29, 0.717) is 19.0 Å². The molecule has 1 atom stereocenters. The second-order valence-electron chi connectivity index (χ2n) is 6.31. The van der Waals surface area contributed by atoms with Gasteiger partial charge in [0.25, 0.3) is 0 Å². The fourth-order valence-electron chi connectivity index (χ4n) is 2.98. The summed E-state index contributed by atoms with van der Waals surface area (Å²) < 4.78 is 0. The Labute approximate surface area is 115 Å². The Hall–Kier alpha value is -1.10. The summed E-state index contributed by atoms with van der Waals surface area (Å²) in [6.45, 7) is 7.53.